The zero-order valence-corrected chi connectivity index (χ0v) is 15.4. The Morgan fingerprint density at radius 3 is 0.875 bits per heavy atom. The van der Waals surface area contributed by atoms with E-state index in [1.54, 1.807) is 42.7 Å². The predicted molar refractivity (Wildman–Crippen MR) is 92.7 cm³/mol. The minimum atomic E-state index is 0.541. The molecular formula is C18H24O6. The number of hydrogen-bond donors (Lipinski definition) is 0. The summed E-state index contributed by atoms with van der Waals surface area (Å²) in [5, 5.41) is 1.43. The number of rotatable bonds is 6. The fourth-order valence-electron chi connectivity index (χ4n) is 3.20. The SMILES string of the molecule is COc1c(C)c(OC)c2c(OC)c(C)c(OC)c(OC)c2c1OC. The molecule has 0 aliphatic carbocycles. The molecule has 2 aromatic rings. The van der Waals surface area contributed by atoms with E-state index in [0.717, 1.165) is 16.5 Å². The van der Waals surface area contributed by atoms with E-state index in [1.165, 1.54) is 0 Å². The van der Waals surface area contributed by atoms with Crippen molar-refractivity contribution in [3.05, 3.63) is 11.1 Å². The third-order valence-corrected chi connectivity index (χ3v) is 4.16. The predicted octanol–water partition coefficient (Wildman–Crippen LogP) is 3.51. The molecule has 6 nitrogen and oxygen atoms in total. The van der Waals surface area contributed by atoms with Crippen LogP contribution in [0, 0.1) is 13.8 Å². The molecule has 0 bridgehead atoms. The lowest BCUT2D eigenvalue weighted by Crippen LogP contribution is -2.04. The molecular weight excluding hydrogens is 312 g/mol. The van der Waals surface area contributed by atoms with Gasteiger partial charge in [0.2, 0.25) is 0 Å². The van der Waals surface area contributed by atoms with Gasteiger partial charge in [-0.3, -0.25) is 0 Å². The zero-order chi connectivity index (χ0) is 18.0. The van der Waals surface area contributed by atoms with Gasteiger partial charge in [0.25, 0.3) is 0 Å². The van der Waals surface area contributed by atoms with Crippen LogP contribution in [0.1, 0.15) is 11.1 Å². The van der Waals surface area contributed by atoms with Crippen molar-refractivity contribution in [3.63, 3.8) is 0 Å². The molecule has 0 aromatic heterocycles. The van der Waals surface area contributed by atoms with Crippen molar-refractivity contribution < 1.29 is 28.4 Å². The van der Waals surface area contributed by atoms with Gasteiger partial charge >= 0.3 is 0 Å². The molecule has 0 aliphatic rings. The highest BCUT2D eigenvalue weighted by molar-refractivity contribution is 6.07. The highest BCUT2D eigenvalue weighted by atomic mass is 16.5. The van der Waals surface area contributed by atoms with Crippen LogP contribution in [0.5, 0.6) is 34.5 Å². The van der Waals surface area contributed by atoms with Gasteiger partial charge in [-0.1, -0.05) is 0 Å². The molecule has 0 radical (unpaired) electrons. The second-order valence-electron chi connectivity index (χ2n) is 5.20. The van der Waals surface area contributed by atoms with E-state index in [4.69, 9.17) is 28.4 Å². The van der Waals surface area contributed by atoms with E-state index in [2.05, 4.69) is 0 Å². The van der Waals surface area contributed by atoms with Gasteiger partial charge in [0.05, 0.1) is 53.4 Å². The van der Waals surface area contributed by atoms with E-state index in [0.29, 0.717) is 39.9 Å². The second-order valence-corrected chi connectivity index (χ2v) is 5.20. The van der Waals surface area contributed by atoms with Crippen molar-refractivity contribution in [2.75, 3.05) is 42.7 Å². The molecule has 2 aromatic carbocycles. The van der Waals surface area contributed by atoms with Gasteiger partial charge in [0.15, 0.2) is 23.0 Å². The van der Waals surface area contributed by atoms with Crippen molar-refractivity contribution in [2.45, 2.75) is 13.8 Å². The molecule has 0 heterocycles. The molecule has 132 valence electrons. The number of methoxy groups -OCH3 is 6. The lowest BCUT2D eigenvalue weighted by Gasteiger charge is -2.23. The van der Waals surface area contributed by atoms with Gasteiger partial charge < -0.3 is 28.4 Å². The first-order valence-electron chi connectivity index (χ1n) is 7.42. The number of hydrogen-bond acceptors (Lipinski definition) is 6. The van der Waals surface area contributed by atoms with Gasteiger partial charge in [-0.25, -0.2) is 0 Å². The molecule has 0 atom stereocenters. The van der Waals surface area contributed by atoms with Crippen LogP contribution in [0.15, 0.2) is 0 Å². The number of ether oxygens (including phenoxy) is 6. The van der Waals surface area contributed by atoms with Crippen LogP contribution in [0.4, 0.5) is 0 Å². The molecule has 0 saturated carbocycles. The van der Waals surface area contributed by atoms with Crippen molar-refractivity contribution in [3.8, 4) is 34.5 Å². The largest absolute Gasteiger partial charge is 0.496 e. The monoisotopic (exact) mass is 336 g/mol. The standard InChI is InChI=1S/C18H24O6/c1-9-13(19-3)11-12(17(23-7)15(9)21-5)18(24-8)16(22-6)10(2)14(11)20-4/h1-8H3. The van der Waals surface area contributed by atoms with Crippen LogP contribution >= 0.6 is 0 Å². The fourth-order valence-corrected chi connectivity index (χ4v) is 3.20. The van der Waals surface area contributed by atoms with E-state index in [1.807, 2.05) is 13.8 Å². The summed E-state index contributed by atoms with van der Waals surface area (Å²) in [5.41, 5.74) is 1.63. The van der Waals surface area contributed by atoms with Crippen LogP contribution in [-0.4, -0.2) is 42.7 Å². The summed E-state index contributed by atoms with van der Waals surface area (Å²) in [5.74, 6) is 3.52. The average molecular weight is 336 g/mol. The third kappa shape index (κ3) is 2.33. The van der Waals surface area contributed by atoms with E-state index in [-0.39, 0.29) is 0 Å². The summed E-state index contributed by atoms with van der Waals surface area (Å²) in [6, 6.07) is 0. The fraction of sp³-hybridized carbons (Fsp3) is 0.444. The quantitative estimate of drug-likeness (QED) is 0.805. The first-order valence-corrected chi connectivity index (χ1v) is 7.42. The number of fused-ring (bicyclic) bond motifs is 1. The summed E-state index contributed by atoms with van der Waals surface area (Å²) < 4.78 is 33.7. The minimum Gasteiger partial charge on any atom is -0.496 e. The Balaban J connectivity index is 3.25. The van der Waals surface area contributed by atoms with Gasteiger partial charge in [-0.15, -0.1) is 0 Å². The van der Waals surface area contributed by atoms with E-state index in [9.17, 15) is 0 Å². The van der Waals surface area contributed by atoms with Gasteiger partial charge in [0, 0.05) is 11.1 Å². The average Bonchev–Trinajstić information content (AvgIpc) is 2.59. The Morgan fingerprint density at radius 1 is 0.375 bits per heavy atom. The topological polar surface area (TPSA) is 55.4 Å². The molecule has 0 saturated heterocycles. The van der Waals surface area contributed by atoms with E-state index < -0.39 is 0 Å². The van der Waals surface area contributed by atoms with Gasteiger partial charge in [0.1, 0.15) is 11.5 Å². The Morgan fingerprint density at radius 2 is 0.625 bits per heavy atom. The molecule has 0 unspecified atom stereocenters. The Hall–Kier alpha value is -2.50. The van der Waals surface area contributed by atoms with Crippen molar-refractivity contribution in [1.82, 2.24) is 0 Å². The maximum absolute atomic E-state index is 5.66. The number of benzene rings is 2. The van der Waals surface area contributed by atoms with Crippen molar-refractivity contribution in [2.24, 2.45) is 0 Å². The summed E-state index contributed by atoms with van der Waals surface area (Å²) in [7, 11) is 9.57. The van der Waals surface area contributed by atoms with E-state index >= 15 is 0 Å². The van der Waals surface area contributed by atoms with Gasteiger partial charge in [-0.2, -0.15) is 0 Å². The van der Waals surface area contributed by atoms with Crippen molar-refractivity contribution >= 4 is 10.8 Å². The van der Waals surface area contributed by atoms with Crippen LogP contribution in [0.2, 0.25) is 0 Å². The molecule has 0 aliphatic heterocycles. The molecule has 0 amide bonds. The maximum atomic E-state index is 5.66. The van der Waals surface area contributed by atoms with Crippen molar-refractivity contribution in [1.29, 1.82) is 0 Å². The molecule has 0 spiro atoms. The Bertz CT molecular complexity index is 706. The highest BCUT2D eigenvalue weighted by Gasteiger charge is 2.29. The van der Waals surface area contributed by atoms with Crippen LogP contribution in [0.25, 0.3) is 10.8 Å². The summed E-state index contributed by atoms with van der Waals surface area (Å²) in [6.45, 7) is 3.82. The Kier molecular flexibility index (Phi) is 5.17. The van der Waals surface area contributed by atoms with Crippen LogP contribution in [0.3, 0.4) is 0 Å². The summed E-state index contributed by atoms with van der Waals surface area (Å²) in [6.07, 6.45) is 0. The van der Waals surface area contributed by atoms with Gasteiger partial charge in [-0.05, 0) is 13.8 Å². The first kappa shape index (κ1) is 17.8. The Labute approximate surface area is 142 Å². The third-order valence-electron chi connectivity index (χ3n) is 4.16. The molecule has 24 heavy (non-hydrogen) atoms. The minimum absolute atomic E-state index is 0.541. The van der Waals surface area contributed by atoms with Crippen LogP contribution in [-0.2, 0) is 0 Å². The zero-order valence-electron chi connectivity index (χ0n) is 15.4. The lowest BCUT2D eigenvalue weighted by molar-refractivity contribution is 0.337. The molecule has 0 fully saturated rings. The normalized spacial score (nSPS) is 10.5. The summed E-state index contributed by atoms with van der Waals surface area (Å²) >= 11 is 0. The smallest absolute Gasteiger partial charge is 0.173 e. The molecule has 2 rings (SSSR count). The summed E-state index contributed by atoms with van der Waals surface area (Å²) in [4.78, 5) is 0. The molecule has 0 N–H and O–H groups in total. The highest BCUT2D eigenvalue weighted by Crippen LogP contribution is 2.56. The maximum Gasteiger partial charge on any atom is 0.173 e. The lowest BCUT2D eigenvalue weighted by atomic mass is 9.98. The molecule has 6 heteroatoms. The first-order chi connectivity index (χ1) is 11.5. The second kappa shape index (κ2) is 6.95. The van der Waals surface area contributed by atoms with Crippen LogP contribution < -0.4 is 28.4 Å².